The number of aryl methyl sites for hydroxylation is 4. The molecule has 0 heterocycles. The second-order valence-electron chi connectivity index (χ2n) is 8.29. The van der Waals surface area contributed by atoms with Crippen LogP contribution in [0.3, 0.4) is 0 Å². The van der Waals surface area contributed by atoms with Crippen molar-refractivity contribution in [3.05, 3.63) is 119 Å². The Labute approximate surface area is 193 Å². The summed E-state index contributed by atoms with van der Waals surface area (Å²) in [7, 11) is 0. The summed E-state index contributed by atoms with van der Waals surface area (Å²) in [6.45, 7) is 9.00. The Morgan fingerprint density at radius 3 is 0.767 bits per heavy atom. The van der Waals surface area contributed by atoms with Gasteiger partial charge in [0.1, 0.15) is 6.15 Å². The van der Waals surface area contributed by atoms with E-state index in [9.17, 15) is 0 Å². The first-order chi connectivity index (χ1) is 14.1. The molecule has 0 amide bonds. The van der Waals surface area contributed by atoms with Gasteiger partial charge in [0, 0.05) is 0 Å². The van der Waals surface area contributed by atoms with Crippen molar-refractivity contribution in [1.82, 2.24) is 0 Å². The number of rotatable bonds is 4. The fourth-order valence-electron chi connectivity index (χ4n) is 5.30. The van der Waals surface area contributed by atoms with Crippen LogP contribution < -0.4 is 40.7 Å². The van der Waals surface area contributed by atoms with Crippen molar-refractivity contribution in [2.24, 2.45) is 0 Å². The van der Waals surface area contributed by atoms with Gasteiger partial charge in [0.25, 0.3) is 0 Å². The monoisotopic (exact) mass is 382 g/mol. The standard InChI is InChI=1S/C28H28B.Li/c1-21-13-5-9-17-25(21)29(26-18-10-6-14-22(26)2,27-19-11-7-15-23(27)3)28-20-12-8-16-24(28)4;/h5-20H,1-4H3;/q-1;+1. The summed E-state index contributed by atoms with van der Waals surface area (Å²) in [5.74, 6) is 0. The smallest absolute Gasteiger partial charge is 0.192 e. The summed E-state index contributed by atoms with van der Waals surface area (Å²) in [5.41, 5.74) is 11.0. The molecular weight excluding hydrogens is 354 g/mol. The number of hydrogen-bond acceptors (Lipinski definition) is 0. The van der Waals surface area contributed by atoms with Gasteiger partial charge in [-0.3, -0.25) is 0 Å². The Morgan fingerprint density at radius 1 is 0.367 bits per heavy atom. The van der Waals surface area contributed by atoms with Crippen LogP contribution in [0.5, 0.6) is 0 Å². The minimum atomic E-state index is -1.32. The van der Waals surface area contributed by atoms with Crippen molar-refractivity contribution in [2.75, 3.05) is 0 Å². The molecule has 0 aromatic heterocycles. The maximum absolute atomic E-state index is 2.33. The number of hydrogen-bond donors (Lipinski definition) is 0. The van der Waals surface area contributed by atoms with E-state index >= 15 is 0 Å². The molecule has 0 atom stereocenters. The van der Waals surface area contributed by atoms with Crippen LogP contribution in [0.2, 0.25) is 0 Å². The van der Waals surface area contributed by atoms with Crippen LogP contribution in [-0.2, 0) is 0 Å². The maximum Gasteiger partial charge on any atom is 1.00 e. The minimum Gasteiger partial charge on any atom is -0.192 e. The van der Waals surface area contributed by atoms with Crippen LogP contribution in [-0.4, -0.2) is 6.15 Å². The van der Waals surface area contributed by atoms with Crippen molar-refractivity contribution in [3.8, 4) is 0 Å². The zero-order valence-electron chi connectivity index (χ0n) is 18.8. The third-order valence-corrected chi connectivity index (χ3v) is 6.62. The molecule has 0 saturated heterocycles. The van der Waals surface area contributed by atoms with Gasteiger partial charge in [0.15, 0.2) is 0 Å². The van der Waals surface area contributed by atoms with Crippen molar-refractivity contribution in [3.63, 3.8) is 0 Å². The predicted molar refractivity (Wildman–Crippen MR) is 129 cm³/mol. The van der Waals surface area contributed by atoms with Crippen molar-refractivity contribution in [2.45, 2.75) is 27.7 Å². The fraction of sp³-hybridized carbons (Fsp3) is 0.143. The van der Waals surface area contributed by atoms with Gasteiger partial charge in [-0.15, -0.1) is 0 Å². The summed E-state index contributed by atoms with van der Waals surface area (Å²) >= 11 is 0. The first-order valence-electron chi connectivity index (χ1n) is 10.5. The van der Waals surface area contributed by atoms with E-state index in [2.05, 4.69) is 125 Å². The van der Waals surface area contributed by atoms with E-state index in [0.29, 0.717) is 0 Å². The van der Waals surface area contributed by atoms with Gasteiger partial charge in [-0.2, -0.15) is 21.9 Å². The van der Waals surface area contributed by atoms with E-state index in [4.69, 9.17) is 0 Å². The Balaban J connectivity index is 0.00000256. The fourth-order valence-corrected chi connectivity index (χ4v) is 5.30. The van der Waals surface area contributed by atoms with Crippen LogP contribution in [0.4, 0.5) is 0 Å². The maximum atomic E-state index is 2.33. The van der Waals surface area contributed by atoms with Gasteiger partial charge >= 0.3 is 18.9 Å². The molecule has 0 aliphatic rings. The zero-order chi connectivity index (χ0) is 20.4. The summed E-state index contributed by atoms with van der Waals surface area (Å²) in [4.78, 5) is 0. The Morgan fingerprint density at radius 2 is 0.567 bits per heavy atom. The normalized spacial score (nSPS) is 11.1. The molecule has 2 heteroatoms. The largest absolute Gasteiger partial charge is 1.00 e. The third-order valence-electron chi connectivity index (χ3n) is 6.62. The molecule has 0 unspecified atom stereocenters. The molecule has 144 valence electrons. The van der Waals surface area contributed by atoms with E-state index in [1.807, 2.05) is 0 Å². The van der Waals surface area contributed by atoms with Crippen LogP contribution in [0.1, 0.15) is 22.3 Å². The second kappa shape index (κ2) is 9.13. The van der Waals surface area contributed by atoms with Crippen LogP contribution in [0.15, 0.2) is 97.1 Å². The molecule has 0 aliphatic carbocycles. The van der Waals surface area contributed by atoms with E-state index < -0.39 is 6.15 Å². The van der Waals surface area contributed by atoms with E-state index in [1.54, 1.807) is 0 Å². The molecule has 0 aliphatic heterocycles. The molecule has 30 heavy (non-hydrogen) atoms. The molecule has 0 radical (unpaired) electrons. The first kappa shape index (κ1) is 22.2. The van der Waals surface area contributed by atoms with Crippen molar-refractivity contribution >= 4 is 28.0 Å². The molecular formula is C28H28BLi. The Bertz CT molecular complexity index is 975. The van der Waals surface area contributed by atoms with Gasteiger partial charge in [-0.05, 0) is 27.7 Å². The third kappa shape index (κ3) is 3.58. The number of benzene rings is 4. The summed E-state index contributed by atoms with van der Waals surface area (Å²) in [5, 5.41) is 0. The van der Waals surface area contributed by atoms with Crippen LogP contribution in [0.25, 0.3) is 0 Å². The molecule has 0 N–H and O–H groups in total. The zero-order valence-corrected chi connectivity index (χ0v) is 18.8. The first-order valence-corrected chi connectivity index (χ1v) is 10.5. The Kier molecular flexibility index (Phi) is 6.77. The molecule has 0 nitrogen and oxygen atoms in total. The summed E-state index contributed by atoms with van der Waals surface area (Å²) < 4.78 is 0. The topological polar surface area (TPSA) is 0 Å². The predicted octanol–water partition coefficient (Wildman–Crippen LogP) is 1.30. The van der Waals surface area contributed by atoms with Gasteiger partial charge in [0.2, 0.25) is 0 Å². The van der Waals surface area contributed by atoms with Gasteiger partial charge < -0.3 is 0 Å². The quantitative estimate of drug-likeness (QED) is 0.467. The van der Waals surface area contributed by atoms with Crippen molar-refractivity contribution in [1.29, 1.82) is 0 Å². The molecule has 0 bridgehead atoms. The molecule has 0 spiro atoms. The average molecular weight is 382 g/mol. The molecule has 4 rings (SSSR count). The molecule has 0 fully saturated rings. The van der Waals surface area contributed by atoms with Crippen LogP contribution in [0, 0.1) is 27.7 Å². The van der Waals surface area contributed by atoms with Gasteiger partial charge in [0.05, 0.1) is 0 Å². The summed E-state index contributed by atoms with van der Waals surface area (Å²) in [6.07, 6.45) is -1.32. The van der Waals surface area contributed by atoms with Crippen LogP contribution >= 0.6 is 0 Å². The van der Waals surface area contributed by atoms with Crippen molar-refractivity contribution < 1.29 is 18.9 Å². The van der Waals surface area contributed by atoms with E-state index in [0.717, 1.165) is 0 Å². The molecule has 4 aromatic rings. The second-order valence-corrected chi connectivity index (χ2v) is 8.29. The SMILES string of the molecule is Cc1ccccc1[B-](c1ccccc1C)(c1ccccc1C)c1ccccc1C.[Li+]. The van der Waals surface area contributed by atoms with E-state index in [-0.39, 0.29) is 18.9 Å². The molecule has 4 aromatic carbocycles. The Hall–Kier alpha value is -2.46. The van der Waals surface area contributed by atoms with Gasteiger partial charge in [-0.1, -0.05) is 119 Å². The summed E-state index contributed by atoms with van der Waals surface area (Å²) in [6, 6.07) is 35.7. The molecule has 0 saturated carbocycles. The average Bonchev–Trinajstić information content (AvgIpc) is 2.73. The van der Waals surface area contributed by atoms with Gasteiger partial charge in [-0.25, -0.2) is 0 Å². The van der Waals surface area contributed by atoms with E-state index in [1.165, 1.54) is 44.1 Å². The minimum absolute atomic E-state index is 0.